The number of imidazole rings is 1. The Hall–Kier alpha value is -5.73. The maximum atomic E-state index is 13.6. The fraction of sp³-hybridized carbons (Fsp3) is 0.475. The SMILES string of the molecule is COC(=O)N[C@H](C(=O)N1CCC[C@H]1c1ncc(-c2cccc(Oc3ccc(C4=CNC([C@@H]5CCCN5C(=O)[C@@H](NC(=O)OC)C(C)C)N4)cc3)c2)[nH]1)C(C)C. The summed E-state index contributed by atoms with van der Waals surface area (Å²) in [6, 6.07) is 13.8. The van der Waals surface area contributed by atoms with E-state index in [1.807, 2.05) is 87.3 Å². The predicted molar refractivity (Wildman–Crippen MR) is 205 cm³/mol. The summed E-state index contributed by atoms with van der Waals surface area (Å²) in [7, 11) is 2.57. The van der Waals surface area contributed by atoms with Crippen molar-refractivity contribution in [1.29, 1.82) is 0 Å². The molecular formula is C40H52N8O7. The molecule has 3 aliphatic heterocycles. The zero-order valence-electron chi connectivity index (χ0n) is 32.3. The zero-order valence-corrected chi connectivity index (χ0v) is 32.3. The standard InChI is InChI=1S/C40H52N8O7/c1-23(2)33(45-39(51)53-5)37(49)47-18-8-12-31(47)35-41-21-29(43-35)25-14-16-27(17-15-25)55-28-11-7-10-26(20-28)30-22-42-36(44-30)32-13-9-19-48(32)38(50)34(24(3)4)46-40(52)54-6/h7,10-11,14-17,20-24,31-35,41,43H,8-9,12-13,18-19H2,1-6H3,(H,42,44)(H,45,51)(H,46,52)/t31-,32-,33-,34-,35?/m0/s1. The number of nitrogens with one attached hydrogen (secondary N) is 5. The second-order valence-electron chi connectivity index (χ2n) is 14.8. The van der Waals surface area contributed by atoms with Crippen molar-refractivity contribution in [3.05, 3.63) is 72.3 Å². The normalized spacial score (nSPS) is 20.4. The van der Waals surface area contributed by atoms with Gasteiger partial charge in [-0.2, -0.15) is 0 Å². The number of rotatable bonds is 12. The molecule has 0 aliphatic carbocycles. The summed E-state index contributed by atoms with van der Waals surface area (Å²) in [5.74, 6) is 1.53. The van der Waals surface area contributed by atoms with E-state index in [2.05, 4.69) is 31.2 Å². The summed E-state index contributed by atoms with van der Waals surface area (Å²) >= 11 is 0. The van der Waals surface area contributed by atoms with E-state index in [9.17, 15) is 19.2 Å². The summed E-state index contributed by atoms with van der Waals surface area (Å²) in [5, 5.41) is 12.4. The van der Waals surface area contributed by atoms with Crippen LogP contribution in [-0.2, 0) is 19.1 Å². The van der Waals surface area contributed by atoms with Gasteiger partial charge in [0, 0.05) is 24.9 Å². The number of ether oxygens (including phenoxy) is 3. The Labute approximate surface area is 321 Å². The van der Waals surface area contributed by atoms with Crippen molar-refractivity contribution < 1.29 is 33.4 Å². The Bertz CT molecular complexity index is 1880. The van der Waals surface area contributed by atoms with Gasteiger partial charge in [0.2, 0.25) is 11.8 Å². The average Bonchev–Trinajstić information content (AvgIpc) is 4.02. The van der Waals surface area contributed by atoms with Crippen LogP contribution in [0.15, 0.2) is 60.9 Å². The quantitative estimate of drug-likeness (QED) is 0.167. The highest BCUT2D eigenvalue weighted by Crippen LogP contribution is 2.34. The van der Waals surface area contributed by atoms with Crippen molar-refractivity contribution in [3.63, 3.8) is 0 Å². The second-order valence-corrected chi connectivity index (χ2v) is 14.8. The highest BCUT2D eigenvalue weighted by Gasteiger charge is 2.41. The molecule has 2 fully saturated rings. The number of amides is 4. The first-order valence-corrected chi connectivity index (χ1v) is 18.9. The molecule has 3 aliphatic rings. The van der Waals surface area contributed by atoms with Gasteiger partial charge in [0.25, 0.3) is 0 Å². The largest absolute Gasteiger partial charge is 0.457 e. The van der Waals surface area contributed by atoms with Gasteiger partial charge in [-0.3, -0.25) is 9.59 Å². The molecule has 4 amide bonds. The average molecular weight is 757 g/mol. The lowest BCUT2D eigenvalue weighted by Crippen LogP contribution is -2.57. The number of nitrogens with zero attached hydrogens (tertiary/aromatic N) is 3. The van der Waals surface area contributed by atoms with Gasteiger partial charge in [0.15, 0.2) is 0 Å². The third kappa shape index (κ3) is 8.82. The van der Waals surface area contributed by atoms with E-state index in [0.717, 1.165) is 48.2 Å². The number of aromatic amines is 1. The van der Waals surface area contributed by atoms with E-state index in [1.54, 1.807) is 11.1 Å². The van der Waals surface area contributed by atoms with Crippen LogP contribution in [0.5, 0.6) is 11.5 Å². The molecule has 2 aromatic carbocycles. The smallest absolute Gasteiger partial charge is 0.407 e. The summed E-state index contributed by atoms with van der Waals surface area (Å²) < 4.78 is 15.8. The first-order chi connectivity index (χ1) is 26.5. The molecule has 0 saturated carbocycles. The van der Waals surface area contributed by atoms with Crippen LogP contribution in [0.3, 0.4) is 0 Å². The van der Waals surface area contributed by atoms with Crippen molar-refractivity contribution in [1.82, 2.24) is 41.0 Å². The molecule has 6 rings (SSSR count). The molecule has 1 unspecified atom stereocenters. The number of hydrogen-bond donors (Lipinski definition) is 5. The van der Waals surface area contributed by atoms with E-state index in [0.29, 0.717) is 30.4 Å². The third-order valence-corrected chi connectivity index (χ3v) is 10.5. The van der Waals surface area contributed by atoms with E-state index in [1.165, 1.54) is 14.2 Å². The number of aromatic nitrogens is 2. The third-order valence-electron chi connectivity index (χ3n) is 10.5. The maximum absolute atomic E-state index is 13.6. The molecule has 0 spiro atoms. The molecule has 15 nitrogen and oxygen atoms in total. The van der Waals surface area contributed by atoms with Gasteiger partial charge >= 0.3 is 12.2 Å². The lowest BCUT2D eigenvalue weighted by atomic mass is 10.0. The molecule has 15 heteroatoms. The van der Waals surface area contributed by atoms with E-state index in [4.69, 9.17) is 14.2 Å². The molecule has 5 atom stereocenters. The Morgan fingerprint density at radius 3 is 2.09 bits per heavy atom. The van der Waals surface area contributed by atoms with Crippen molar-refractivity contribution in [3.8, 4) is 22.8 Å². The molecule has 55 heavy (non-hydrogen) atoms. The number of carbonyl (C=O) groups is 4. The molecule has 5 N–H and O–H groups in total. The van der Waals surface area contributed by atoms with E-state index >= 15 is 0 Å². The van der Waals surface area contributed by atoms with Gasteiger partial charge in [0.05, 0.1) is 43.9 Å². The lowest BCUT2D eigenvalue weighted by molar-refractivity contribution is -0.136. The summed E-state index contributed by atoms with van der Waals surface area (Å²) in [6.45, 7) is 8.80. The fourth-order valence-electron chi connectivity index (χ4n) is 7.50. The maximum Gasteiger partial charge on any atom is 0.407 e. The minimum absolute atomic E-state index is 0.0880. The van der Waals surface area contributed by atoms with Crippen LogP contribution in [0, 0.1) is 11.8 Å². The van der Waals surface area contributed by atoms with E-state index < -0.39 is 24.3 Å². The minimum Gasteiger partial charge on any atom is -0.457 e. The molecule has 4 heterocycles. The number of alkyl carbamates (subject to hydrolysis) is 2. The van der Waals surface area contributed by atoms with Gasteiger partial charge < -0.3 is 50.3 Å². The monoisotopic (exact) mass is 756 g/mol. The molecule has 3 aromatic rings. The van der Waals surface area contributed by atoms with Crippen LogP contribution in [0.4, 0.5) is 9.59 Å². The molecule has 0 radical (unpaired) electrons. The van der Waals surface area contributed by atoms with Crippen LogP contribution < -0.4 is 26.0 Å². The number of hydrogen-bond acceptors (Lipinski definition) is 10. The summed E-state index contributed by atoms with van der Waals surface area (Å²) in [5.41, 5.74) is 3.55. The van der Waals surface area contributed by atoms with Crippen LogP contribution in [0.1, 0.15) is 70.8 Å². The van der Waals surface area contributed by atoms with Crippen LogP contribution >= 0.6 is 0 Å². The van der Waals surface area contributed by atoms with Gasteiger partial charge in [-0.05, 0) is 79.5 Å². The topological polar surface area (TPSA) is 179 Å². The Kier molecular flexibility index (Phi) is 12.2. The molecule has 294 valence electrons. The molecular weight excluding hydrogens is 704 g/mol. The second kappa shape index (κ2) is 17.2. The van der Waals surface area contributed by atoms with Crippen LogP contribution in [0.25, 0.3) is 17.0 Å². The first-order valence-electron chi connectivity index (χ1n) is 18.9. The predicted octanol–water partition coefficient (Wildman–Crippen LogP) is 5.10. The molecule has 1 aromatic heterocycles. The Morgan fingerprint density at radius 1 is 0.800 bits per heavy atom. The Morgan fingerprint density at radius 2 is 1.44 bits per heavy atom. The van der Waals surface area contributed by atoms with E-state index in [-0.39, 0.29) is 41.9 Å². The zero-order chi connectivity index (χ0) is 39.2. The summed E-state index contributed by atoms with van der Waals surface area (Å²) in [6.07, 6.45) is 5.57. The van der Waals surface area contributed by atoms with Crippen molar-refractivity contribution in [2.45, 2.75) is 83.7 Å². The minimum atomic E-state index is -0.702. The van der Waals surface area contributed by atoms with Crippen molar-refractivity contribution in [2.24, 2.45) is 11.8 Å². The highest BCUT2D eigenvalue weighted by atomic mass is 16.5. The molecule has 2 saturated heterocycles. The van der Waals surface area contributed by atoms with Gasteiger partial charge in [0.1, 0.15) is 35.6 Å². The Balaban J connectivity index is 1.07. The van der Waals surface area contributed by atoms with Crippen LogP contribution in [-0.4, -0.2) is 95.4 Å². The molecule has 0 bridgehead atoms. The number of H-pyrrole nitrogens is 1. The van der Waals surface area contributed by atoms with Gasteiger partial charge in [-0.15, -0.1) is 0 Å². The first kappa shape index (κ1) is 39.0. The van der Waals surface area contributed by atoms with Gasteiger partial charge in [-0.25, -0.2) is 14.6 Å². The van der Waals surface area contributed by atoms with Crippen LogP contribution in [0.2, 0.25) is 0 Å². The van der Waals surface area contributed by atoms with Crippen molar-refractivity contribution >= 4 is 29.7 Å². The highest BCUT2D eigenvalue weighted by molar-refractivity contribution is 5.87. The summed E-state index contributed by atoms with van der Waals surface area (Å²) in [4.78, 5) is 62.7. The lowest BCUT2D eigenvalue weighted by Gasteiger charge is -2.34. The number of methoxy groups -OCH3 is 2. The fourth-order valence-corrected chi connectivity index (χ4v) is 7.50. The number of carbonyl (C=O) groups excluding carboxylic acids is 4. The number of benzene rings is 2. The number of likely N-dealkylation sites (tertiary alicyclic amines) is 2. The van der Waals surface area contributed by atoms with Crippen molar-refractivity contribution in [2.75, 3.05) is 27.3 Å². The van der Waals surface area contributed by atoms with Gasteiger partial charge in [-0.1, -0.05) is 39.8 Å².